The fourth-order valence-electron chi connectivity index (χ4n) is 2.39. The first-order chi connectivity index (χ1) is 9.78. The minimum atomic E-state index is 0.717. The van der Waals surface area contributed by atoms with Crippen LogP contribution in [0.4, 0.5) is 5.69 Å². The Kier molecular flexibility index (Phi) is 4.32. The van der Waals surface area contributed by atoms with Gasteiger partial charge in [0.1, 0.15) is 12.4 Å². The third kappa shape index (κ3) is 2.86. The van der Waals surface area contributed by atoms with Crippen LogP contribution in [0.5, 0.6) is 5.75 Å². The number of halogens is 2. The summed E-state index contributed by atoms with van der Waals surface area (Å²) in [7, 11) is 0. The molecule has 1 aliphatic rings. The molecule has 0 radical (unpaired) electrons. The van der Waals surface area contributed by atoms with Crippen molar-refractivity contribution in [2.45, 2.75) is 11.9 Å². The van der Waals surface area contributed by atoms with E-state index in [2.05, 4.69) is 67.1 Å². The Labute approximate surface area is 136 Å². The van der Waals surface area contributed by atoms with Gasteiger partial charge in [-0.25, -0.2) is 0 Å². The van der Waals surface area contributed by atoms with Gasteiger partial charge in [0.2, 0.25) is 0 Å². The lowest BCUT2D eigenvalue weighted by atomic mass is 10.1. The van der Waals surface area contributed by atoms with Crippen molar-refractivity contribution < 1.29 is 4.74 Å². The summed E-state index contributed by atoms with van der Waals surface area (Å²) in [5, 5.41) is 0.861. The Morgan fingerprint density at radius 2 is 2.00 bits per heavy atom. The van der Waals surface area contributed by atoms with Crippen molar-refractivity contribution in [2.75, 3.05) is 18.1 Å². The quantitative estimate of drug-likeness (QED) is 0.679. The van der Waals surface area contributed by atoms with Crippen LogP contribution in [-0.2, 0) is 11.9 Å². The number of anilines is 1. The molecular weight excluding hydrogens is 382 g/mol. The maximum Gasteiger partial charge on any atom is 0.124 e. The van der Waals surface area contributed by atoms with Crippen LogP contribution in [0.3, 0.4) is 0 Å². The van der Waals surface area contributed by atoms with Crippen LogP contribution in [-0.4, -0.2) is 13.2 Å². The first kappa shape index (κ1) is 14.0. The van der Waals surface area contributed by atoms with Crippen molar-refractivity contribution in [3.63, 3.8) is 0 Å². The highest BCUT2D eigenvalue weighted by atomic mass is 79.9. The lowest BCUT2D eigenvalue weighted by Gasteiger charge is -2.22. The molecule has 4 heteroatoms. The van der Waals surface area contributed by atoms with Crippen LogP contribution in [0, 0.1) is 0 Å². The maximum atomic E-state index is 5.81. The van der Waals surface area contributed by atoms with E-state index in [0.29, 0.717) is 0 Å². The van der Waals surface area contributed by atoms with Gasteiger partial charge in [0.25, 0.3) is 0 Å². The van der Waals surface area contributed by atoms with E-state index in [1.165, 1.54) is 16.8 Å². The highest BCUT2D eigenvalue weighted by Gasteiger charge is 2.15. The van der Waals surface area contributed by atoms with Crippen molar-refractivity contribution in [1.29, 1.82) is 0 Å². The highest BCUT2D eigenvalue weighted by molar-refractivity contribution is 9.10. The monoisotopic (exact) mass is 395 g/mol. The first-order valence-corrected chi connectivity index (χ1v) is 8.49. The second-order valence-corrected chi connectivity index (χ2v) is 6.20. The number of rotatable bonds is 2. The molecule has 20 heavy (non-hydrogen) atoms. The summed E-state index contributed by atoms with van der Waals surface area (Å²) < 4.78 is 6.96. The highest BCUT2D eigenvalue weighted by Crippen LogP contribution is 2.29. The Hall–Kier alpha value is -1.00. The van der Waals surface area contributed by atoms with Crippen molar-refractivity contribution in [2.24, 2.45) is 0 Å². The summed E-state index contributed by atoms with van der Waals surface area (Å²) in [5.74, 6) is 1.01. The van der Waals surface area contributed by atoms with Crippen LogP contribution >= 0.6 is 31.9 Å². The van der Waals surface area contributed by atoms with Crippen LogP contribution < -0.4 is 9.64 Å². The van der Waals surface area contributed by atoms with Gasteiger partial charge in [-0.15, -0.1) is 0 Å². The van der Waals surface area contributed by atoms with Gasteiger partial charge < -0.3 is 9.64 Å². The Bertz CT molecular complexity index is 615. The Balaban J connectivity index is 1.89. The molecule has 0 unspecified atom stereocenters. The molecule has 0 N–H and O–H groups in total. The number of ether oxygens (including phenoxy) is 1. The molecule has 0 aromatic heterocycles. The largest absolute Gasteiger partial charge is 0.491 e. The zero-order valence-electron chi connectivity index (χ0n) is 11.0. The van der Waals surface area contributed by atoms with E-state index in [9.17, 15) is 0 Å². The van der Waals surface area contributed by atoms with Gasteiger partial charge in [-0.05, 0) is 23.8 Å². The molecular formula is C16H15Br2NO. The maximum absolute atomic E-state index is 5.81. The van der Waals surface area contributed by atoms with Crippen LogP contribution in [0.25, 0.3) is 0 Å². The summed E-state index contributed by atoms with van der Waals surface area (Å²) in [6.07, 6.45) is 0. The Morgan fingerprint density at radius 1 is 1.15 bits per heavy atom. The molecule has 2 nitrogen and oxygen atoms in total. The van der Waals surface area contributed by atoms with E-state index in [4.69, 9.17) is 4.74 Å². The van der Waals surface area contributed by atoms with Gasteiger partial charge in [-0.2, -0.15) is 0 Å². The average Bonchev–Trinajstić information content (AvgIpc) is 2.69. The number of alkyl halides is 1. The van der Waals surface area contributed by atoms with E-state index >= 15 is 0 Å². The van der Waals surface area contributed by atoms with E-state index in [1.54, 1.807) is 0 Å². The van der Waals surface area contributed by atoms with E-state index in [-0.39, 0.29) is 0 Å². The number of para-hydroxylation sites is 1. The standard InChI is InChI=1S/C16H15Br2NO/c17-10-12-5-6-14(9-15(12)18)19-7-8-20-16-4-2-1-3-13(16)11-19/h1-6,9H,7-8,10-11H2. The molecule has 104 valence electrons. The van der Waals surface area contributed by atoms with Gasteiger partial charge in [-0.3, -0.25) is 0 Å². The molecule has 0 saturated carbocycles. The van der Waals surface area contributed by atoms with Gasteiger partial charge in [0.15, 0.2) is 0 Å². The Morgan fingerprint density at radius 3 is 2.80 bits per heavy atom. The molecule has 1 aliphatic heterocycles. The first-order valence-electron chi connectivity index (χ1n) is 6.58. The molecule has 0 saturated heterocycles. The molecule has 0 aliphatic carbocycles. The van der Waals surface area contributed by atoms with Crippen molar-refractivity contribution in [1.82, 2.24) is 0 Å². The lowest BCUT2D eigenvalue weighted by molar-refractivity contribution is 0.331. The van der Waals surface area contributed by atoms with E-state index < -0.39 is 0 Å². The van der Waals surface area contributed by atoms with Crippen LogP contribution in [0.15, 0.2) is 46.9 Å². The normalized spacial score (nSPS) is 14.4. The van der Waals surface area contributed by atoms with Gasteiger partial charge in [0, 0.05) is 27.6 Å². The lowest BCUT2D eigenvalue weighted by Crippen LogP contribution is -2.25. The van der Waals surface area contributed by atoms with Crippen LogP contribution in [0.1, 0.15) is 11.1 Å². The van der Waals surface area contributed by atoms with Crippen LogP contribution in [0.2, 0.25) is 0 Å². The van der Waals surface area contributed by atoms with E-state index in [0.717, 1.165) is 35.2 Å². The number of hydrogen-bond acceptors (Lipinski definition) is 2. The molecule has 0 fully saturated rings. The summed E-state index contributed by atoms with van der Waals surface area (Å²) >= 11 is 7.14. The van der Waals surface area contributed by atoms with Crippen molar-refractivity contribution >= 4 is 37.5 Å². The fourth-order valence-corrected chi connectivity index (χ4v) is 3.76. The summed E-state index contributed by atoms with van der Waals surface area (Å²) in [6.45, 7) is 2.50. The minimum absolute atomic E-state index is 0.717. The predicted octanol–water partition coefficient (Wildman–Crippen LogP) is 4.74. The summed E-state index contributed by atoms with van der Waals surface area (Å²) in [5.41, 5.74) is 3.73. The minimum Gasteiger partial charge on any atom is -0.491 e. The molecule has 0 bridgehead atoms. The fraction of sp³-hybridized carbons (Fsp3) is 0.250. The van der Waals surface area contributed by atoms with Gasteiger partial charge >= 0.3 is 0 Å². The molecule has 0 spiro atoms. The number of benzene rings is 2. The predicted molar refractivity (Wildman–Crippen MR) is 89.8 cm³/mol. The molecule has 2 aromatic carbocycles. The van der Waals surface area contributed by atoms with Crippen molar-refractivity contribution in [3.8, 4) is 5.75 Å². The second kappa shape index (κ2) is 6.19. The summed E-state index contributed by atoms with van der Waals surface area (Å²) in [6, 6.07) is 14.8. The SMILES string of the molecule is BrCc1ccc(N2CCOc3ccccc3C2)cc1Br. The summed E-state index contributed by atoms with van der Waals surface area (Å²) in [4.78, 5) is 2.36. The zero-order chi connectivity index (χ0) is 13.9. The third-order valence-corrected chi connectivity index (χ3v) is 4.84. The zero-order valence-corrected chi connectivity index (χ0v) is 14.2. The third-order valence-electron chi connectivity index (χ3n) is 3.50. The topological polar surface area (TPSA) is 12.5 Å². The van der Waals surface area contributed by atoms with Gasteiger partial charge in [-0.1, -0.05) is 56.1 Å². The van der Waals surface area contributed by atoms with E-state index in [1.807, 2.05) is 12.1 Å². The molecule has 0 amide bonds. The number of fused-ring (bicyclic) bond motifs is 1. The number of hydrogen-bond donors (Lipinski definition) is 0. The van der Waals surface area contributed by atoms with Crippen molar-refractivity contribution in [3.05, 3.63) is 58.1 Å². The second-order valence-electron chi connectivity index (χ2n) is 4.79. The molecule has 0 atom stereocenters. The number of nitrogens with zero attached hydrogens (tertiary/aromatic N) is 1. The molecule has 2 aromatic rings. The molecule has 1 heterocycles. The average molecular weight is 397 g/mol. The smallest absolute Gasteiger partial charge is 0.124 e. The van der Waals surface area contributed by atoms with Gasteiger partial charge in [0.05, 0.1) is 6.54 Å². The molecule has 3 rings (SSSR count).